The molecule has 2 aliphatic heterocycles. The van der Waals surface area contributed by atoms with Crippen LogP contribution in [0.3, 0.4) is 0 Å². The topological polar surface area (TPSA) is 87.6 Å². The number of fused-ring (bicyclic) bond motifs is 1. The molecule has 35 heavy (non-hydrogen) atoms. The molecule has 2 aliphatic rings. The Labute approximate surface area is 206 Å². The summed E-state index contributed by atoms with van der Waals surface area (Å²) >= 11 is 6.94. The molecule has 12 heteroatoms. The van der Waals surface area contributed by atoms with E-state index in [-0.39, 0.29) is 39.2 Å². The third-order valence-electron chi connectivity index (χ3n) is 4.97. The Bertz CT molecular complexity index is 1410. The third-order valence-corrected chi connectivity index (χ3v) is 6.13. The van der Waals surface area contributed by atoms with E-state index >= 15 is 0 Å². The number of alkyl halides is 3. The summed E-state index contributed by atoms with van der Waals surface area (Å²) in [6, 6.07) is 9.33. The summed E-state index contributed by atoms with van der Waals surface area (Å²) in [6.07, 6.45) is -1.76. The van der Waals surface area contributed by atoms with Crippen molar-refractivity contribution < 1.29 is 22.3 Å². The van der Waals surface area contributed by atoms with Gasteiger partial charge >= 0.3 is 6.18 Å². The van der Waals surface area contributed by atoms with Crippen LogP contribution in [0.4, 0.5) is 17.6 Å². The molecular formula is C23H16ClF4N5OS. The van der Waals surface area contributed by atoms with Crippen molar-refractivity contribution in [1.29, 1.82) is 10.8 Å². The second-order valence-electron chi connectivity index (χ2n) is 7.30. The molecule has 6 nitrogen and oxygen atoms in total. The summed E-state index contributed by atoms with van der Waals surface area (Å²) in [5, 5.41) is 16.0. The fourth-order valence-electron chi connectivity index (χ4n) is 3.36. The zero-order chi connectivity index (χ0) is 25.3. The molecule has 2 N–H and O–H groups in total. The van der Waals surface area contributed by atoms with Crippen LogP contribution in [0.15, 0.2) is 55.0 Å². The number of nitrogens with one attached hydrogen (secondary N) is 2. The summed E-state index contributed by atoms with van der Waals surface area (Å²) in [5.41, 5.74) is -0.215. The van der Waals surface area contributed by atoms with Crippen LogP contribution < -0.4 is 4.74 Å². The molecule has 0 bridgehead atoms. The molecule has 2 aromatic rings. The molecule has 0 amide bonds. The Morgan fingerprint density at radius 1 is 1.14 bits per heavy atom. The van der Waals surface area contributed by atoms with Crippen LogP contribution in [-0.2, 0) is 12.7 Å². The summed E-state index contributed by atoms with van der Waals surface area (Å²) in [6.45, 7) is -0.0764. The summed E-state index contributed by atoms with van der Waals surface area (Å²) in [7, 11) is 1.25. The summed E-state index contributed by atoms with van der Waals surface area (Å²) in [4.78, 5) is 8.60. The normalized spacial score (nSPS) is 11.6. The van der Waals surface area contributed by atoms with Gasteiger partial charge in [-0.2, -0.15) is 13.2 Å². The van der Waals surface area contributed by atoms with Gasteiger partial charge in [0.15, 0.2) is 0 Å². The van der Waals surface area contributed by atoms with Crippen molar-refractivity contribution in [2.45, 2.75) is 12.7 Å². The molecule has 0 atom stereocenters. The van der Waals surface area contributed by atoms with Crippen molar-refractivity contribution in [2.24, 2.45) is 0 Å². The van der Waals surface area contributed by atoms with Gasteiger partial charge in [-0.15, -0.1) is 0 Å². The number of benzene rings is 2. The van der Waals surface area contributed by atoms with E-state index in [9.17, 15) is 17.6 Å². The molecule has 0 radical (unpaired) electrons. The highest BCUT2D eigenvalue weighted by atomic mass is 35.5. The molecular weight excluding hydrogens is 506 g/mol. The van der Waals surface area contributed by atoms with E-state index in [1.807, 2.05) is 0 Å². The van der Waals surface area contributed by atoms with E-state index in [4.69, 9.17) is 27.2 Å². The molecule has 4 rings (SSSR count). The lowest BCUT2D eigenvalue weighted by Crippen LogP contribution is -2.14. The van der Waals surface area contributed by atoms with E-state index in [1.165, 1.54) is 30.1 Å². The van der Waals surface area contributed by atoms with Crippen LogP contribution in [0, 0.1) is 16.6 Å². The van der Waals surface area contributed by atoms with Crippen molar-refractivity contribution in [3.05, 3.63) is 77.0 Å². The molecule has 2 aromatic carbocycles. The van der Waals surface area contributed by atoms with Crippen LogP contribution >= 0.6 is 23.4 Å². The van der Waals surface area contributed by atoms with Gasteiger partial charge in [0.25, 0.3) is 0 Å². The predicted molar refractivity (Wildman–Crippen MR) is 127 cm³/mol. The highest BCUT2D eigenvalue weighted by Crippen LogP contribution is 2.38. The molecule has 0 aliphatic carbocycles. The molecule has 180 valence electrons. The first-order valence-corrected chi connectivity index (χ1v) is 11.1. The van der Waals surface area contributed by atoms with Crippen LogP contribution in [0.25, 0.3) is 22.6 Å². The minimum Gasteiger partial charge on any atom is -0.497 e. The van der Waals surface area contributed by atoms with Gasteiger partial charge in [-0.1, -0.05) is 35.5 Å². The predicted octanol–water partition coefficient (Wildman–Crippen LogP) is 6.61. The van der Waals surface area contributed by atoms with Crippen molar-refractivity contribution >= 4 is 33.5 Å². The Balaban J connectivity index is 1.55. The van der Waals surface area contributed by atoms with Gasteiger partial charge in [-0.3, -0.25) is 10.8 Å². The number of nitrogens with zero attached hydrogens (tertiary/aromatic N) is 3. The number of halogens is 5. The fourth-order valence-corrected chi connectivity index (χ4v) is 4.40. The van der Waals surface area contributed by atoms with E-state index in [1.54, 1.807) is 24.4 Å². The monoisotopic (exact) mass is 521 g/mol. The first-order valence-electron chi connectivity index (χ1n) is 9.93. The van der Waals surface area contributed by atoms with Gasteiger partial charge in [0.05, 0.1) is 41.3 Å². The SMILES string of the molecule is COc1ccc(C(=N)SC(=N)Cn2cnc3c(Cl)c(-c4ccccc4F)nc-3c2)c(C(F)(F)F)c1. The molecule has 2 heterocycles. The lowest BCUT2D eigenvalue weighted by Gasteiger charge is -2.15. The maximum atomic E-state index is 14.2. The second-order valence-corrected chi connectivity index (χ2v) is 8.78. The molecule has 0 saturated carbocycles. The number of ether oxygens (including phenoxy) is 1. The number of hydrogen-bond acceptors (Lipinski definition) is 6. The Kier molecular flexibility index (Phi) is 6.82. The lowest BCUT2D eigenvalue weighted by atomic mass is 10.1. The van der Waals surface area contributed by atoms with Gasteiger partial charge < -0.3 is 9.30 Å². The molecule has 0 spiro atoms. The van der Waals surface area contributed by atoms with Gasteiger partial charge in [0.2, 0.25) is 0 Å². The van der Waals surface area contributed by atoms with Gasteiger partial charge in [0.1, 0.15) is 28.0 Å². The minimum absolute atomic E-state index is 0.0134. The highest BCUT2D eigenvalue weighted by molar-refractivity contribution is 8.26. The van der Waals surface area contributed by atoms with Crippen molar-refractivity contribution in [1.82, 2.24) is 14.5 Å². The standard InChI is InChI=1S/C23H16ClF4N5OS/c1-34-12-6-7-13(15(8-12)23(26,27)28)22(30)35-18(29)10-33-9-17-21(31-11-33)19(24)20(32-17)14-4-2-3-5-16(14)25/h2-9,11,29-30H,10H2,1H3. The number of hydrogen-bond donors (Lipinski definition) is 2. The largest absolute Gasteiger partial charge is 0.497 e. The molecule has 0 unspecified atom stereocenters. The number of rotatable bonds is 5. The third kappa shape index (κ3) is 5.15. The number of thioether (sulfide) groups is 1. The zero-order valence-corrected chi connectivity index (χ0v) is 19.5. The molecule has 0 fully saturated rings. The minimum atomic E-state index is -4.69. The Morgan fingerprint density at radius 3 is 2.57 bits per heavy atom. The highest BCUT2D eigenvalue weighted by Gasteiger charge is 2.35. The quantitative estimate of drug-likeness (QED) is 0.176. The van der Waals surface area contributed by atoms with Gasteiger partial charge in [-0.25, -0.2) is 14.4 Å². The fraction of sp³-hybridized carbons (Fsp3) is 0.130. The number of methoxy groups -OCH3 is 1. The van der Waals surface area contributed by atoms with Crippen LogP contribution in [-0.4, -0.2) is 31.7 Å². The Morgan fingerprint density at radius 2 is 1.89 bits per heavy atom. The second kappa shape index (κ2) is 9.67. The molecule has 0 aromatic heterocycles. The van der Waals surface area contributed by atoms with E-state index in [2.05, 4.69) is 9.97 Å². The van der Waals surface area contributed by atoms with E-state index in [0.717, 1.165) is 12.1 Å². The smallest absolute Gasteiger partial charge is 0.417 e. The maximum absolute atomic E-state index is 14.2. The first kappa shape index (κ1) is 24.7. The van der Waals surface area contributed by atoms with Gasteiger partial charge in [-0.05, 0) is 30.3 Å². The number of aromatic nitrogens is 3. The zero-order valence-electron chi connectivity index (χ0n) is 18.0. The molecule has 0 saturated heterocycles. The lowest BCUT2D eigenvalue weighted by molar-refractivity contribution is -0.137. The van der Waals surface area contributed by atoms with Crippen molar-refractivity contribution in [2.75, 3.05) is 7.11 Å². The van der Waals surface area contributed by atoms with Crippen LogP contribution in [0.2, 0.25) is 5.02 Å². The average molecular weight is 522 g/mol. The van der Waals surface area contributed by atoms with Crippen molar-refractivity contribution in [3.8, 4) is 28.4 Å². The van der Waals surface area contributed by atoms with Crippen LogP contribution in [0.1, 0.15) is 11.1 Å². The van der Waals surface area contributed by atoms with Crippen molar-refractivity contribution in [3.63, 3.8) is 0 Å². The first-order chi connectivity index (χ1) is 16.6. The van der Waals surface area contributed by atoms with Crippen LogP contribution in [0.5, 0.6) is 5.75 Å². The summed E-state index contributed by atoms with van der Waals surface area (Å²) < 4.78 is 60.9. The van der Waals surface area contributed by atoms with E-state index in [0.29, 0.717) is 23.1 Å². The maximum Gasteiger partial charge on any atom is 0.417 e. The van der Waals surface area contributed by atoms with Gasteiger partial charge in [0, 0.05) is 17.3 Å². The average Bonchev–Trinajstić information content (AvgIpc) is 3.13. The Hall–Kier alpha value is -3.44. The van der Waals surface area contributed by atoms with E-state index < -0.39 is 22.6 Å². The summed E-state index contributed by atoms with van der Waals surface area (Å²) in [5.74, 6) is -0.474.